The van der Waals surface area contributed by atoms with Crippen molar-refractivity contribution in [2.24, 2.45) is 0 Å². The van der Waals surface area contributed by atoms with Gasteiger partial charge >= 0.3 is 0 Å². The predicted octanol–water partition coefficient (Wildman–Crippen LogP) is 2.74. The van der Waals surface area contributed by atoms with Crippen molar-refractivity contribution in [3.8, 4) is 5.69 Å². The van der Waals surface area contributed by atoms with Crippen molar-refractivity contribution in [1.82, 2.24) is 25.0 Å². The second kappa shape index (κ2) is 7.09. The molecule has 0 atom stereocenters. The number of hydrogen-bond acceptors (Lipinski definition) is 4. The normalized spacial score (nSPS) is 15.1. The molecule has 2 heterocycles. The van der Waals surface area contributed by atoms with E-state index in [-0.39, 0.29) is 17.6 Å². The summed E-state index contributed by atoms with van der Waals surface area (Å²) >= 11 is 12.6. The van der Waals surface area contributed by atoms with E-state index in [4.69, 9.17) is 23.2 Å². The fraction of sp³-hybridized carbons (Fsp3) is 0.438. The van der Waals surface area contributed by atoms with Gasteiger partial charge in [-0.3, -0.25) is 4.79 Å². The Morgan fingerprint density at radius 1 is 1.21 bits per heavy atom. The van der Waals surface area contributed by atoms with Gasteiger partial charge in [0.25, 0.3) is 5.91 Å². The number of nitrogens with one attached hydrogen (secondary N) is 1. The number of carbonyl (C=O) groups is 1. The van der Waals surface area contributed by atoms with Gasteiger partial charge in [-0.05, 0) is 12.1 Å². The Labute approximate surface area is 150 Å². The maximum absolute atomic E-state index is 12.7. The van der Waals surface area contributed by atoms with Crippen LogP contribution in [0.3, 0.4) is 0 Å². The summed E-state index contributed by atoms with van der Waals surface area (Å²) in [5.41, 5.74) is 0.552. The van der Waals surface area contributed by atoms with E-state index in [9.17, 15) is 4.79 Å². The predicted molar refractivity (Wildman–Crippen MR) is 94.2 cm³/mol. The molecule has 0 saturated carbocycles. The highest BCUT2D eigenvalue weighted by atomic mass is 35.5. The molecule has 0 aliphatic carbocycles. The van der Waals surface area contributed by atoms with E-state index in [0.717, 1.165) is 13.1 Å². The van der Waals surface area contributed by atoms with Crippen LogP contribution in [0.4, 0.5) is 0 Å². The summed E-state index contributed by atoms with van der Waals surface area (Å²) in [5, 5.41) is 8.58. The Morgan fingerprint density at radius 2 is 1.83 bits per heavy atom. The van der Waals surface area contributed by atoms with Gasteiger partial charge in [0.2, 0.25) is 5.82 Å². The van der Waals surface area contributed by atoms with Gasteiger partial charge in [0.05, 0.1) is 10.0 Å². The highest BCUT2D eigenvalue weighted by Crippen LogP contribution is 2.30. The van der Waals surface area contributed by atoms with E-state index in [1.807, 2.05) is 13.8 Å². The number of piperazine rings is 1. The lowest BCUT2D eigenvalue weighted by Gasteiger charge is -2.26. The van der Waals surface area contributed by atoms with Crippen LogP contribution in [0.5, 0.6) is 0 Å². The quantitative estimate of drug-likeness (QED) is 0.905. The van der Waals surface area contributed by atoms with Crippen LogP contribution in [0.2, 0.25) is 10.0 Å². The minimum Gasteiger partial charge on any atom is -0.333 e. The first kappa shape index (κ1) is 17.2. The standard InChI is InChI=1S/C16H19Cl2N5O/c1-10(2)15-20-14(16(24)22-8-6-19-7-9-22)21-23(15)13-11(17)4-3-5-12(13)18/h3-5,10,19H,6-9H2,1-2H3. The van der Waals surface area contributed by atoms with Crippen molar-refractivity contribution in [3.63, 3.8) is 0 Å². The van der Waals surface area contributed by atoms with E-state index in [1.54, 1.807) is 27.8 Å². The Kier molecular flexibility index (Phi) is 5.08. The molecule has 0 unspecified atom stereocenters. The number of aromatic nitrogens is 3. The van der Waals surface area contributed by atoms with Crippen LogP contribution in [0.15, 0.2) is 18.2 Å². The summed E-state index contributed by atoms with van der Waals surface area (Å²) < 4.78 is 1.59. The van der Waals surface area contributed by atoms with Gasteiger partial charge in [0.15, 0.2) is 0 Å². The minimum absolute atomic E-state index is 0.0643. The molecule has 1 fully saturated rings. The van der Waals surface area contributed by atoms with Crippen LogP contribution in [0.1, 0.15) is 36.2 Å². The van der Waals surface area contributed by atoms with E-state index >= 15 is 0 Å². The number of amides is 1. The van der Waals surface area contributed by atoms with Gasteiger partial charge in [-0.15, -0.1) is 5.10 Å². The van der Waals surface area contributed by atoms with Crippen molar-refractivity contribution in [2.75, 3.05) is 26.2 Å². The highest BCUT2D eigenvalue weighted by Gasteiger charge is 2.26. The molecule has 1 amide bonds. The molecule has 0 bridgehead atoms. The number of para-hydroxylation sites is 1. The minimum atomic E-state index is -0.166. The van der Waals surface area contributed by atoms with Crippen molar-refractivity contribution >= 4 is 29.1 Å². The first-order valence-corrected chi connectivity index (χ1v) is 8.66. The van der Waals surface area contributed by atoms with Crippen molar-refractivity contribution in [1.29, 1.82) is 0 Å². The fourth-order valence-corrected chi connectivity index (χ4v) is 3.21. The SMILES string of the molecule is CC(C)c1nc(C(=O)N2CCNCC2)nn1-c1c(Cl)cccc1Cl. The summed E-state index contributed by atoms with van der Waals surface area (Å²) in [6, 6.07) is 5.26. The van der Waals surface area contributed by atoms with Gasteiger partial charge < -0.3 is 10.2 Å². The van der Waals surface area contributed by atoms with Gasteiger partial charge in [-0.25, -0.2) is 9.67 Å². The number of rotatable bonds is 3. The Bertz CT molecular complexity index is 733. The zero-order valence-corrected chi connectivity index (χ0v) is 15.1. The third-order valence-electron chi connectivity index (χ3n) is 3.89. The summed E-state index contributed by atoms with van der Waals surface area (Å²) in [5.74, 6) is 0.731. The smallest absolute Gasteiger partial charge is 0.293 e. The Morgan fingerprint density at radius 3 is 2.42 bits per heavy atom. The zero-order chi connectivity index (χ0) is 17.3. The zero-order valence-electron chi connectivity index (χ0n) is 13.6. The molecule has 1 saturated heterocycles. The number of carbonyl (C=O) groups excluding carboxylic acids is 1. The number of nitrogens with zero attached hydrogens (tertiary/aromatic N) is 4. The topological polar surface area (TPSA) is 63.1 Å². The van der Waals surface area contributed by atoms with Gasteiger partial charge in [0, 0.05) is 32.1 Å². The van der Waals surface area contributed by atoms with Crippen LogP contribution in [0, 0.1) is 0 Å². The molecule has 0 spiro atoms. The summed E-state index contributed by atoms with van der Waals surface area (Å²) in [6.45, 7) is 6.84. The Balaban J connectivity index is 2.04. The third-order valence-corrected chi connectivity index (χ3v) is 4.50. The third kappa shape index (κ3) is 3.27. The number of halogens is 2. The second-order valence-electron chi connectivity index (χ2n) is 5.97. The maximum Gasteiger partial charge on any atom is 0.293 e. The lowest BCUT2D eigenvalue weighted by molar-refractivity contribution is 0.0723. The molecular formula is C16H19Cl2N5O. The molecule has 0 radical (unpaired) electrons. The highest BCUT2D eigenvalue weighted by molar-refractivity contribution is 6.37. The largest absolute Gasteiger partial charge is 0.333 e. The van der Waals surface area contributed by atoms with E-state index < -0.39 is 0 Å². The molecule has 2 aromatic rings. The van der Waals surface area contributed by atoms with E-state index in [0.29, 0.717) is 34.6 Å². The number of hydrogen-bond donors (Lipinski definition) is 1. The molecule has 1 aliphatic rings. The summed E-state index contributed by atoms with van der Waals surface area (Å²) in [4.78, 5) is 18.9. The molecule has 24 heavy (non-hydrogen) atoms. The second-order valence-corrected chi connectivity index (χ2v) is 6.79. The lowest BCUT2D eigenvalue weighted by Crippen LogP contribution is -2.46. The molecular weight excluding hydrogens is 349 g/mol. The van der Waals surface area contributed by atoms with Crippen LogP contribution < -0.4 is 5.32 Å². The van der Waals surface area contributed by atoms with Crippen molar-refractivity contribution in [2.45, 2.75) is 19.8 Å². The Hall–Kier alpha value is -1.63. The molecule has 1 aliphatic heterocycles. The molecule has 3 rings (SSSR count). The first-order chi connectivity index (χ1) is 11.5. The average Bonchev–Trinajstić information content (AvgIpc) is 3.00. The molecule has 8 heteroatoms. The van der Waals surface area contributed by atoms with E-state index in [1.165, 1.54) is 0 Å². The first-order valence-electron chi connectivity index (χ1n) is 7.90. The van der Waals surface area contributed by atoms with Crippen molar-refractivity contribution in [3.05, 3.63) is 39.9 Å². The maximum atomic E-state index is 12.7. The average molecular weight is 368 g/mol. The fourth-order valence-electron chi connectivity index (χ4n) is 2.65. The molecule has 1 aromatic heterocycles. The van der Waals surface area contributed by atoms with Gasteiger partial charge in [-0.2, -0.15) is 0 Å². The van der Waals surface area contributed by atoms with Gasteiger partial charge in [0.1, 0.15) is 11.5 Å². The van der Waals surface area contributed by atoms with Crippen LogP contribution in [-0.4, -0.2) is 51.8 Å². The van der Waals surface area contributed by atoms with Crippen LogP contribution in [0.25, 0.3) is 5.69 Å². The van der Waals surface area contributed by atoms with Crippen LogP contribution in [-0.2, 0) is 0 Å². The monoisotopic (exact) mass is 367 g/mol. The van der Waals surface area contributed by atoms with Crippen molar-refractivity contribution < 1.29 is 4.79 Å². The molecule has 6 nitrogen and oxygen atoms in total. The van der Waals surface area contributed by atoms with Crippen LogP contribution >= 0.6 is 23.2 Å². The summed E-state index contributed by atoms with van der Waals surface area (Å²) in [7, 11) is 0. The lowest BCUT2D eigenvalue weighted by atomic mass is 10.2. The molecule has 1 N–H and O–H groups in total. The van der Waals surface area contributed by atoms with E-state index in [2.05, 4.69) is 15.4 Å². The molecule has 128 valence electrons. The van der Waals surface area contributed by atoms with Gasteiger partial charge in [-0.1, -0.05) is 43.1 Å². The molecule has 1 aromatic carbocycles. The number of benzene rings is 1. The summed E-state index contributed by atoms with van der Waals surface area (Å²) in [6.07, 6.45) is 0.